The average molecular weight is 309 g/mol. The number of nitrogens with zero attached hydrogens (tertiary/aromatic N) is 3. The van der Waals surface area contributed by atoms with Gasteiger partial charge in [-0.2, -0.15) is 5.10 Å². The van der Waals surface area contributed by atoms with Crippen molar-refractivity contribution < 1.29 is 0 Å². The zero-order valence-corrected chi connectivity index (χ0v) is 11.5. The van der Waals surface area contributed by atoms with E-state index in [4.69, 9.17) is 0 Å². The lowest BCUT2D eigenvalue weighted by Gasteiger charge is -2.06. The summed E-state index contributed by atoms with van der Waals surface area (Å²) in [5.74, 6) is 0. The highest BCUT2D eigenvalue weighted by atomic mass is 79.9. The molecule has 0 aliphatic rings. The van der Waals surface area contributed by atoms with Crippen molar-refractivity contribution in [3.63, 3.8) is 0 Å². The standard InChI is InChI=1S/C12H13BrN4O/c1-2-14-11-5-12(18)17(16-7-11)8-10-4-3-9(13)6-15-10/h3-7,14H,2,8H2,1H3. The summed E-state index contributed by atoms with van der Waals surface area (Å²) in [5.41, 5.74) is 1.39. The summed E-state index contributed by atoms with van der Waals surface area (Å²) in [6, 6.07) is 5.28. The van der Waals surface area contributed by atoms with Crippen LogP contribution in [-0.4, -0.2) is 21.3 Å². The smallest absolute Gasteiger partial charge is 0.269 e. The molecule has 94 valence electrons. The van der Waals surface area contributed by atoms with E-state index in [2.05, 4.69) is 31.3 Å². The molecule has 0 saturated heterocycles. The van der Waals surface area contributed by atoms with Crippen molar-refractivity contribution in [3.8, 4) is 0 Å². The fourth-order valence-corrected chi connectivity index (χ4v) is 1.74. The molecule has 18 heavy (non-hydrogen) atoms. The highest BCUT2D eigenvalue weighted by Crippen LogP contribution is 2.07. The van der Waals surface area contributed by atoms with Crippen LogP contribution in [0.5, 0.6) is 0 Å². The van der Waals surface area contributed by atoms with Gasteiger partial charge in [-0.1, -0.05) is 0 Å². The fourth-order valence-electron chi connectivity index (χ4n) is 1.51. The van der Waals surface area contributed by atoms with Crippen LogP contribution < -0.4 is 10.9 Å². The van der Waals surface area contributed by atoms with E-state index in [0.29, 0.717) is 6.54 Å². The van der Waals surface area contributed by atoms with Gasteiger partial charge in [0.05, 0.1) is 24.1 Å². The Labute approximate surface area is 113 Å². The second kappa shape index (κ2) is 5.77. The number of pyridine rings is 1. The molecule has 0 aliphatic heterocycles. The molecule has 0 bridgehead atoms. The van der Waals surface area contributed by atoms with E-state index in [1.54, 1.807) is 12.4 Å². The number of halogens is 1. The Kier molecular flexibility index (Phi) is 4.09. The van der Waals surface area contributed by atoms with Crippen molar-refractivity contribution >= 4 is 21.6 Å². The summed E-state index contributed by atoms with van der Waals surface area (Å²) in [6.45, 7) is 3.11. The Morgan fingerprint density at radius 3 is 2.83 bits per heavy atom. The van der Waals surface area contributed by atoms with Gasteiger partial charge in [-0.3, -0.25) is 9.78 Å². The van der Waals surface area contributed by atoms with Crippen LogP contribution in [0.3, 0.4) is 0 Å². The molecule has 2 aromatic rings. The van der Waals surface area contributed by atoms with Crippen LogP contribution in [0.2, 0.25) is 0 Å². The molecule has 0 amide bonds. The number of hydrogen-bond donors (Lipinski definition) is 1. The number of anilines is 1. The first-order valence-electron chi connectivity index (χ1n) is 5.60. The van der Waals surface area contributed by atoms with Gasteiger partial charge in [-0.05, 0) is 35.0 Å². The minimum atomic E-state index is -0.141. The second-order valence-electron chi connectivity index (χ2n) is 3.74. The first kappa shape index (κ1) is 12.8. The summed E-state index contributed by atoms with van der Waals surface area (Å²) < 4.78 is 2.30. The van der Waals surface area contributed by atoms with Crippen LogP contribution >= 0.6 is 15.9 Å². The van der Waals surface area contributed by atoms with Gasteiger partial charge in [0.15, 0.2) is 0 Å². The molecule has 2 heterocycles. The van der Waals surface area contributed by atoms with Crippen molar-refractivity contribution in [1.82, 2.24) is 14.8 Å². The van der Waals surface area contributed by atoms with E-state index in [0.717, 1.165) is 22.4 Å². The summed E-state index contributed by atoms with van der Waals surface area (Å²) in [6.07, 6.45) is 3.34. The lowest BCUT2D eigenvalue weighted by Crippen LogP contribution is -2.23. The van der Waals surface area contributed by atoms with E-state index in [1.165, 1.54) is 10.7 Å². The molecule has 0 fully saturated rings. The second-order valence-corrected chi connectivity index (χ2v) is 4.65. The van der Waals surface area contributed by atoms with Crippen molar-refractivity contribution in [1.29, 1.82) is 0 Å². The third-order valence-corrected chi connectivity index (χ3v) is 2.82. The molecule has 0 aromatic carbocycles. The predicted molar refractivity (Wildman–Crippen MR) is 73.7 cm³/mol. The van der Waals surface area contributed by atoms with Crippen molar-refractivity contribution in [2.24, 2.45) is 0 Å². The third-order valence-electron chi connectivity index (χ3n) is 2.35. The van der Waals surface area contributed by atoms with Crippen LogP contribution in [0.25, 0.3) is 0 Å². The zero-order chi connectivity index (χ0) is 13.0. The van der Waals surface area contributed by atoms with Crippen molar-refractivity contribution in [3.05, 3.63) is 51.1 Å². The number of hydrogen-bond acceptors (Lipinski definition) is 4. The van der Waals surface area contributed by atoms with Crippen LogP contribution in [0.15, 0.2) is 39.9 Å². The molecule has 0 saturated carbocycles. The minimum absolute atomic E-state index is 0.141. The Balaban J connectivity index is 2.19. The summed E-state index contributed by atoms with van der Waals surface area (Å²) in [4.78, 5) is 16.0. The van der Waals surface area contributed by atoms with Gasteiger partial charge in [-0.25, -0.2) is 4.68 Å². The summed E-state index contributed by atoms with van der Waals surface area (Å²) in [7, 11) is 0. The van der Waals surface area contributed by atoms with Gasteiger partial charge in [0, 0.05) is 23.3 Å². The first-order valence-corrected chi connectivity index (χ1v) is 6.40. The van der Waals surface area contributed by atoms with Gasteiger partial charge < -0.3 is 5.32 Å². The van der Waals surface area contributed by atoms with Gasteiger partial charge in [0.1, 0.15) is 0 Å². The summed E-state index contributed by atoms with van der Waals surface area (Å²) >= 11 is 3.32. The molecule has 1 N–H and O–H groups in total. The average Bonchev–Trinajstić information content (AvgIpc) is 2.36. The maximum absolute atomic E-state index is 11.8. The van der Waals surface area contributed by atoms with Crippen molar-refractivity contribution in [2.45, 2.75) is 13.5 Å². The maximum Gasteiger partial charge on any atom is 0.269 e. The molecule has 0 spiro atoms. The maximum atomic E-state index is 11.8. The van der Waals surface area contributed by atoms with E-state index >= 15 is 0 Å². The Morgan fingerprint density at radius 1 is 1.39 bits per heavy atom. The molecule has 0 radical (unpaired) electrons. The van der Waals surface area contributed by atoms with Crippen LogP contribution in [0.4, 0.5) is 5.69 Å². The van der Waals surface area contributed by atoms with Gasteiger partial charge in [0.2, 0.25) is 0 Å². The highest BCUT2D eigenvalue weighted by Gasteiger charge is 2.02. The molecule has 0 aliphatic carbocycles. The zero-order valence-electron chi connectivity index (χ0n) is 9.93. The van der Waals surface area contributed by atoms with E-state index in [9.17, 15) is 4.79 Å². The van der Waals surface area contributed by atoms with Gasteiger partial charge in [-0.15, -0.1) is 0 Å². The quantitative estimate of drug-likeness (QED) is 0.937. The van der Waals surface area contributed by atoms with Gasteiger partial charge >= 0.3 is 0 Å². The van der Waals surface area contributed by atoms with Crippen LogP contribution in [0, 0.1) is 0 Å². The molecule has 6 heteroatoms. The Morgan fingerprint density at radius 2 is 2.22 bits per heavy atom. The minimum Gasteiger partial charge on any atom is -0.384 e. The number of nitrogens with one attached hydrogen (secondary N) is 1. The largest absolute Gasteiger partial charge is 0.384 e. The lowest BCUT2D eigenvalue weighted by atomic mass is 10.3. The topological polar surface area (TPSA) is 59.8 Å². The van der Waals surface area contributed by atoms with E-state index in [-0.39, 0.29) is 5.56 Å². The molecule has 0 atom stereocenters. The predicted octanol–water partition coefficient (Wildman–Crippen LogP) is 1.88. The monoisotopic (exact) mass is 308 g/mol. The molecule has 0 unspecified atom stereocenters. The Hall–Kier alpha value is -1.69. The molecule has 5 nitrogen and oxygen atoms in total. The Bertz CT molecular complexity index is 579. The highest BCUT2D eigenvalue weighted by molar-refractivity contribution is 9.10. The van der Waals surface area contributed by atoms with E-state index < -0.39 is 0 Å². The molecule has 2 rings (SSSR count). The van der Waals surface area contributed by atoms with Crippen molar-refractivity contribution in [2.75, 3.05) is 11.9 Å². The van der Waals surface area contributed by atoms with Gasteiger partial charge in [0.25, 0.3) is 5.56 Å². The summed E-state index contributed by atoms with van der Waals surface area (Å²) in [5, 5.41) is 7.15. The molecule has 2 aromatic heterocycles. The lowest BCUT2D eigenvalue weighted by molar-refractivity contribution is 0.628. The van der Waals surface area contributed by atoms with Crippen LogP contribution in [-0.2, 0) is 6.54 Å². The fraction of sp³-hybridized carbons (Fsp3) is 0.250. The number of rotatable bonds is 4. The van der Waals surface area contributed by atoms with E-state index in [1.807, 2.05) is 19.1 Å². The molecular formula is C12H13BrN4O. The normalized spacial score (nSPS) is 10.3. The van der Waals surface area contributed by atoms with Crippen LogP contribution in [0.1, 0.15) is 12.6 Å². The first-order chi connectivity index (χ1) is 8.69. The SMILES string of the molecule is CCNc1cnn(Cc2ccc(Br)cn2)c(=O)c1. The number of aromatic nitrogens is 3. The molecular weight excluding hydrogens is 296 g/mol. The third kappa shape index (κ3) is 3.16.